The van der Waals surface area contributed by atoms with E-state index in [1.165, 1.54) is 12.1 Å². The van der Waals surface area contributed by atoms with Crippen molar-refractivity contribution in [3.05, 3.63) is 53.6 Å². The molecule has 0 aliphatic rings. The molecule has 0 unspecified atom stereocenters. The Balaban J connectivity index is 2.34. The summed E-state index contributed by atoms with van der Waals surface area (Å²) in [6, 6.07) is 8.03. The minimum absolute atomic E-state index is 0.150. The van der Waals surface area contributed by atoms with Gasteiger partial charge in [-0.3, -0.25) is 4.98 Å². The molecule has 3 nitrogen and oxygen atoms in total. The van der Waals surface area contributed by atoms with Crippen LogP contribution in [0.5, 0.6) is 0 Å². The average molecular weight is 261 g/mol. The Kier molecular flexibility index (Phi) is 3.53. The molecule has 0 fully saturated rings. The zero-order valence-electron chi connectivity index (χ0n) is 9.77. The zero-order valence-corrected chi connectivity index (χ0v) is 10.6. The van der Waals surface area contributed by atoms with Gasteiger partial charge < -0.3 is 11.1 Å². The maximum Gasteiger partial charge on any atom is 0.124 e. The molecule has 0 aliphatic carbocycles. The summed E-state index contributed by atoms with van der Waals surface area (Å²) in [5.41, 5.74) is 8.43. The second-order valence-corrected chi connectivity index (χ2v) is 4.31. The number of nitrogens with two attached hydrogens (primary N) is 1. The molecule has 0 aliphatic heterocycles. The van der Waals surface area contributed by atoms with E-state index in [-0.39, 0.29) is 10.8 Å². The molecule has 0 amide bonds. The molecular formula is C13H12FN3S. The van der Waals surface area contributed by atoms with Gasteiger partial charge in [-0.2, -0.15) is 0 Å². The molecule has 3 N–H and O–H groups in total. The Morgan fingerprint density at radius 1 is 1.33 bits per heavy atom. The summed E-state index contributed by atoms with van der Waals surface area (Å²) in [6.45, 7) is 1.90. The molecule has 0 radical (unpaired) electrons. The Morgan fingerprint density at radius 3 is 2.72 bits per heavy atom. The van der Waals surface area contributed by atoms with Gasteiger partial charge in [0.15, 0.2) is 0 Å². The summed E-state index contributed by atoms with van der Waals surface area (Å²) >= 11 is 4.90. The Labute approximate surface area is 110 Å². The third-order valence-electron chi connectivity index (χ3n) is 2.44. The minimum Gasteiger partial charge on any atom is -0.389 e. The molecule has 2 aromatic rings. The standard InChI is InChI=1S/C13H12FN3S/c1-8-2-4-10(7-16-8)17-12-5-3-9(14)6-11(12)13(15)18/h2-7,17H,1H3,(H2,15,18). The normalized spacial score (nSPS) is 10.1. The highest BCUT2D eigenvalue weighted by atomic mass is 32.1. The predicted octanol–water partition coefficient (Wildman–Crippen LogP) is 2.91. The predicted molar refractivity (Wildman–Crippen MR) is 74.5 cm³/mol. The number of nitrogens with zero attached hydrogens (tertiary/aromatic N) is 1. The fraction of sp³-hybridized carbons (Fsp3) is 0.0769. The first kappa shape index (κ1) is 12.4. The lowest BCUT2D eigenvalue weighted by Gasteiger charge is -2.11. The van der Waals surface area contributed by atoms with E-state index in [4.69, 9.17) is 18.0 Å². The molecule has 0 saturated heterocycles. The fourth-order valence-electron chi connectivity index (χ4n) is 1.53. The summed E-state index contributed by atoms with van der Waals surface area (Å²) in [4.78, 5) is 4.32. The number of aryl methyl sites for hydroxylation is 1. The molecule has 0 atom stereocenters. The van der Waals surface area contributed by atoms with Crippen LogP contribution in [0.3, 0.4) is 0 Å². The Bertz CT molecular complexity index is 581. The van der Waals surface area contributed by atoms with E-state index in [1.807, 2.05) is 19.1 Å². The summed E-state index contributed by atoms with van der Waals surface area (Å²) in [7, 11) is 0. The van der Waals surface area contributed by atoms with E-state index in [2.05, 4.69) is 10.3 Å². The first-order valence-electron chi connectivity index (χ1n) is 5.35. The number of benzene rings is 1. The van der Waals surface area contributed by atoms with Gasteiger partial charge in [0.1, 0.15) is 10.8 Å². The van der Waals surface area contributed by atoms with Crippen LogP contribution in [0.15, 0.2) is 36.5 Å². The molecule has 0 spiro atoms. The van der Waals surface area contributed by atoms with Gasteiger partial charge in [-0.05, 0) is 37.3 Å². The van der Waals surface area contributed by atoms with Gasteiger partial charge in [0.2, 0.25) is 0 Å². The van der Waals surface area contributed by atoms with Crippen LogP contribution in [-0.2, 0) is 0 Å². The first-order chi connectivity index (χ1) is 8.56. The van der Waals surface area contributed by atoms with Crippen LogP contribution in [0.1, 0.15) is 11.3 Å². The van der Waals surface area contributed by atoms with Gasteiger partial charge in [-0.15, -0.1) is 0 Å². The number of nitrogens with one attached hydrogen (secondary N) is 1. The first-order valence-corrected chi connectivity index (χ1v) is 5.76. The van der Waals surface area contributed by atoms with E-state index in [0.717, 1.165) is 11.4 Å². The number of thiocarbonyl (C=S) groups is 1. The highest BCUT2D eigenvalue weighted by Gasteiger charge is 2.07. The van der Waals surface area contributed by atoms with Crippen molar-refractivity contribution in [1.29, 1.82) is 0 Å². The van der Waals surface area contributed by atoms with Crippen molar-refractivity contribution in [3.8, 4) is 0 Å². The smallest absolute Gasteiger partial charge is 0.124 e. The fourth-order valence-corrected chi connectivity index (χ4v) is 1.70. The SMILES string of the molecule is Cc1ccc(Nc2ccc(F)cc2C(N)=S)cn1. The largest absolute Gasteiger partial charge is 0.389 e. The third kappa shape index (κ3) is 2.81. The molecule has 18 heavy (non-hydrogen) atoms. The molecule has 0 bridgehead atoms. The quantitative estimate of drug-likeness (QED) is 0.834. The second kappa shape index (κ2) is 5.10. The van der Waals surface area contributed by atoms with E-state index in [9.17, 15) is 4.39 Å². The molecule has 2 rings (SSSR count). The molecular weight excluding hydrogens is 249 g/mol. The van der Waals surface area contributed by atoms with E-state index < -0.39 is 0 Å². The number of pyridine rings is 1. The second-order valence-electron chi connectivity index (χ2n) is 3.87. The number of halogens is 1. The van der Waals surface area contributed by atoms with Gasteiger partial charge in [0.25, 0.3) is 0 Å². The lowest BCUT2D eigenvalue weighted by Crippen LogP contribution is -2.12. The van der Waals surface area contributed by atoms with Gasteiger partial charge in [-0.1, -0.05) is 12.2 Å². The molecule has 1 heterocycles. The van der Waals surface area contributed by atoms with Crippen LogP contribution >= 0.6 is 12.2 Å². The molecule has 0 saturated carbocycles. The third-order valence-corrected chi connectivity index (χ3v) is 2.66. The van der Waals surface area contributed by atoms with Crippen molar-refractivity contribution in [2.75, 3.05) is 5.32 Å². The zero-order chi connectivity index (χ0) is 13.1. The van der Waals surface area contributed by atoms with Crippen molar-refractivity contribution in [2.45, 2.75) is 6.92 Å². The number of aromatic nitrogens is 1. The summed E-state index contributed by atoms with van der Waals surface area (Å²) in [5, 5.41) is 3.11. The topological polar surface area (TPSA) is 50.9 Å². The average Bonchev–Trinajstić information content (AvgIpc) is 2.34. The Morgan fingerprint density at radius 2 is 2.11 bits per heavy atom. The summed E-state index contributed by atoms with van der Waals surface area (Å²) < 4.78 is 13.1. The van der Waals surface area contributed by atoms with Gasteiger partial charge in [-0.25, -0.2) is 4.39 Å². The van der Waals surface area contributed by atoms with Crippen molar-refractivity contribution < 1.29 is 4.39 Å². The minimum atomic E-state index is -0.370. The molecule has 92 valence electrons. The maximum absolute atomic E-state index is 13.1. The van der Waals surface area contributed by atoms with E-state index in [1.54, 1.807) is 12.3 Å². The van der Waals surface area contributed by atoms with Gasteiger partial charge in [0, 0.05) is 16.9 Å². The van der Waals surface area contributed by atoms with Crippen LogP contribution in [0, 0.1) is 12.7 Å². The molecule has 1 aromatic heterocycles. The van der Waals surface area contributed by atoms with E-state index in [0.29, 0.717) is 11.3 Å². The highest BCUT2D eigenvalue weighted by Crippen LogP contribution is 2.21. The summed E-state index contributed by atoms with van der Waals surface area (Å²) in [6.07, 6.45) is 1.70. The highest BCUT2D eigenvalue weighted by molar-refractivity contribution is 7.80. The number of rotatable bonds is 3. The van der Waals surface area contributed by atoms with Crippen LogP contribution in [0.4, 0.5) is 15.8 Å². The number of hydrogen-bond donors (Lipinski definition) is 2. The van der Waals surface area contributed by atoms with Crippen molar-refractivity contribution in [1.82, 2.24) is 4.98 Å². The monoisotopic (exact) mass is 261 g/mol. The van der Waals surface area contributed by atoms with E-state index >= 15 is 0 Å². The van der Waals surface area contributed by atoms with Crippen LogP contribution < -0.4 is 11.1 Å². The van der Waals surface area contributed by atoms with Crippen molar-refractivity contribution in [2.24, 2.45) is 5.73 Å². The van der Waals surface area contributed by atoms with Crippen molar-refractivity contribution in [3.63, 3.8) is 0 Å². The maximum atomic E-state index is 13.1. The number of anilines is 2. The van der Waals surface area contributed by atoms with Crippen molar-refractivity contribution >= 4 is 28.6 Å². The lowest BCUT2D eigenvalue weighted by atomic mass is 10.1. The number of hydrogen-bond acceptors (Lipinski definition) is 3. The van der Waals surface area contributed by atoms with Gasteiger partial charge >= 0.3 is 0 Å². The van der Waals surface area contributed by atoms with Crippen LogP contribution in [0.2, 0.25) is 0 Å². The van der Waals surface area contributed by atoms with Crippen LogP contribution in [0.25, 0.3) is 0 Å². The lowest BCUT2D eigenvalue weighted by molar-refractivity contribution is 0.628. The summed E-state index contributed by atoms with van der Waals surface area (Å²) in [5.74, 6) is -0.370. The molecule has 1 aromatic carbocycles. The molecule has 5 heteroatoms. The Hall–Kier alpha value is -2.01. The van der Waals surface area contributed by atoms with Gasteiger partial charge in [0.05, 0.1) is 11.9 Å². The van der Waals surface area contributed by atoms with Crippen LogP contribution in [-0.4, -0.2) is 9.97 Å².